The van der Waals surface area contributed by atoms with Gasteiger partial charge in [0.15, 0.2) is 0 Å². The molecule has 6 nitrogen and oxygen atoms in total. The highest BCUT2D eigenvalue weighted by Crippen LogP contribution is 1.86. The summed E-state index contributed by atoms with van der Waals surface area (Å²) in [7, 11) is 1.58. The van der Waals surface area contributed by atoms with Gasteiger partial charge in [0.1, 0.15) is 0 Å². The van der Waals surface area contributed by atoms with E-state index >= 15 is 0 Å². The van der Waals surface area contributed by atoms with Crippen LogP contribution in [0.3, 0.4) is 0 Å². The van der Waals surface area contributed by atoms with Crippen LogP contribution in [0.4, 0.5) is 0 Å². The van der Waals surface area contributed by atoms with Crippen LogP contribution in [0.2, 0.25) is 0 Å². The number of amides is 2. The number of hydrogen-bond acceptors (Lipinski definition) is 4. The highest BCUT2D eigenvalue weighted by Gasteiger charge is 2.05. The molecule has 0 radical (unpaired) electrons. The standard InChI is InChI=1S/C12H25N3O3/c1-4-10(2)15-9-12(17)13-6-5-11(16)14-7-8-18-3/h10,15H,4-9H2,1-3H3,(H,13,17)(H,14,16). The van der Waals surface area contributed by atoms with Gasteiger partial charge in [0.2, 0.25) is 11.8 Å². The minimum absolute atomic E-state index is 0.0813. The summed E-state index contributed by atoms with van der Waals surface area (Å²) in [6.07, 6.45) is 1.27. The smallest absolute Gasteiger partial charge is 0.233 e. The van der Waals surface area contributed by atoms with Gasteiger partial charge in [-0.15, -0.1) is 0 Å². The lowest BCUT2D eigenvalue weighted by molar-refractivity contribution is -0.122. The Hall–Kier alpha value is -1.14. The summed E-state index contributed by atoms with van der Waals surface area (Å²) in [5, 5.41) is 8.46. The molecule has 0 rings (SSSR count). The molecule has 106 valence electrons. The van der Waals surface area contributed by atoms with Crippen molar-refractivity contribution in [3.63, 3.8) is 0 Å². The summed E-state index contributed by atoms with van der Waals surface area (Å²) < 4.78 is 4.81. The van der Waals surface area contributed by atoms with Crippen molar-refractivity contribution in [1.29, 1.82) is 0 Å². The molecule has 6 heteroatoms. The molecule has 0 bridgehead atoms. The van der Waals surface area contributed by atoms with Gasteiger partial charge in [-0.3, -0.25) is 9.59 Å². The van der Waals surface area contributed by atoms with E-state index in [4.69, 9.17) is 4.74 Å². The third kappa shape index (κ3) is 10.0. The molecule has 0 aliphatic carbocycles. The van der Waals surface area contributed by atoms with Crippen molar-refractivity contribution in [2.45, 2.75) is 32.7 Å². The summed E-state index contributed by atoms with van der Waals surface area (Å²) in [5.41, 5.74) is 0. The lowest BCUT2D eigenvalue weighted by Gasteiger charge is -2.11. The zero-order valence-corrected chi connectivity index (χ0v) is 11.5. The summed E-state index contributed by atoms with van der Waals surface area (Å²) in [6, 6.07) is 0.327. The second-order valence-electron chi connectivity index (χ2n) is 4.13. The molecule has 2 amide bonds. The molecular weight excluding hydrogens is 234 g/mol. The molecule has 0 aliphatic rings. The van der Waals surface area contributed by atoms with Crippen molar-refractivity contribution in [1.82, 2.24) is 16.0 Å². The molecule has 0 saturated heterocycles. The van der Waals surface area contributed by atoms with Crippen molar-refractivity contribution in [2.75, 3.05) is 33.4 Å². The molecule has 0 fully saturated rings. The summed E-state index contributed by atoms with van der Waals surface area (Å²) in [5.74, 6) is -0.165. The molecule has 0 heterocycles. The molecule has 0 aromatic heterocycles. The Balaban J connectivity index is 3.47. The van der Waals surface area contributed by atoms with E-state index in [0.717, 1.165) is 6.42 Å². The van der Waals surface area contributed by atoms with Gasteiger partial charge >= 0.3 is 0 Å². The first-order valence-corrected chi connectivity index (χ1v) is 6.35. The number of carbonyl (C=O) groups is 2. The molecular formula is C12H25N3O3. The van der Waals surface area contributed by atoms with Gasteiger partial charge in [0, 0.05) is 32.7 Å². The maximum atomic E-state index is 11.4. The van der Waals surface area contributed by atoms with Gasteiger partial charge in [-0.1, -0.05) is 6.92 Å². The molecule has 0 saturated carbocycles. The number of rotatable bonds is 10. The maximum absolute atomic E-state index is 11.4. The van der Waals surface area contributed by atoms with Gasteiger partial charge < -0.3 is 20.7 Å². The quantitative estimate of drug-likeness (QED) is 0.468. The molecule has 1 unspecified atom stereocenters. The highest BCUT2D eigenvalue weighted by molar-refractivity contribution is 5.80. The van der Waals surface area contributed by atoms with Crippen LogP contribution in [-0.2, 0) is 14.3 Å². The number of carbonyl (C=O) groups excluding carboxylic acids is 2. The van der Waals surface area contributed by atoms with E-state index in [1.165, 1.54) is 0 Å². The largest absolute Gasteiger partial charge is 0.383 e. The van der Waals surface area contributed by atoms with Crippen molar-refractivity contribution in [3.05, 3.63) is 0 Å². The first kappa shape index (κ1) is 16.9. The predicted octanol–water partition coefficient (Wildman–Crippen LogP) is -0.357. The van der Waals surface area contributed by atoms with Crippen LogP contribution < -0.4 is 16.0 Å². The third-order valence-corrected chi connectivity index (χ3v) is 2.53. The van der Waals surface area contributed by atoms with E-state index in [9.17, 15) is 9.59 Å². The fourth-order valence-corrected chi connectivity index (χ4v) is 1.17. The molecule has 18 heavy (non-hydrogen) atoms. The minimum Gasteiger partial charge on any atom is -0.383 e. The molecule has 0 spiro atoms. The Morgan fingerprint density at radius 3 is 2.44 bits per heavy atom. The van der Waals surface area contributed by atoms with Crippen LogP contribution in [-0.4, -0.2) is 51.2 Å². The van der Waals surface area contributed by atoms with E-state index in [1.54, 1.807) is 7.11 Å². The summed E-state index contributed by atoms with van der Waals surface area (Å²) in [4.78, 5) is 22.7. The number of methoxy groups -OCH3 is 1. The third-order valence-electron chi connectivity index (χ3n) is 2.53. The van der Waals surface area contributed by atoms with Crippen LogP contribution in [0.25, 0.3) is 0 Å². The molecule has 1 atom stereocenters. The normalized spacial score (nSPS) is 11.9. The number of nitrogens with one attached hydrogen (secondary N) is 3. The Morgan fingerprint density at radius 1 is 1.17 bits per heavy atom. The Labute approximate surface area is 109 Å². The first-order valence-electron chi connectivity index (χ1n) is 6.35. The van der Waals surface area contributed by atoms with Gasteiger partial charge in [0.25, 0.3) is 0 Å². The van der Waals surface area contributed by atoms with Gasteiger partial charge in [-0.05, 0) is 13.3 Å². The second kappa shape index (κ2) is 11.0. The highest BCUT2D eigenvalue weighted by atomic mass is 16.5. The predicted molar refractivity (Wildman–Crippen MR) is 70.3 cm³/mol. The van der Waals surface area contributed by atoms with Crippen LogP contribution >= 0.6 is 0 Å². The number of hydrogen-bond donors (Lipinski definition) is 3. The SMILES string of the molecule is CCC(C)NCC(=O)NCCC(=O)NCCOC. The topological polar surface area (TPSA) is 79.5 Å². The fourth-order valence-electron chi connectivity index (χ4n) is 1.17. The molecule has 0 aromatic carbocycles. The zero-order valence-electron chi connectivity index (χ0n) is 11.5. The zero-order chi connectivity index (χ0) is 13.8. The lowest BCUT2D eigenvalue weighted by atomic mass is 10.2. The lowest BCUT2D eigenvalue weighted by Crippen LogP contribution is -2.39. The van der Waals surface area contributed by atoms with Gasteiger partial charge in [0.05, 0.1) is 13.2 Å². The molecule has 3 N–H and O–H groups in total. The van der Waals surface area contributed by atoms with Crippen molar-refractivity contribution in [2.24, 2.45) is 0 Å². The molecule has 0 aromatic rings. The van der Waals surface area contributed by atoms with Crippen LogP contribution in [0, 0.1) is 0 Å². The van der Waals surface area contributed by atoms with Gasteiger partial charge in [-0.25, -0.2) is 0 Å². The van der Waals surface area contributed by atoms with Crippen molar-refractivity contribution < 1.29 is 14.3 Å². The Bertz CT molecular complexity index is 247. The summed E-state index contributed by atoms with van der Waals surface area (Å²) in [6.45, 7) is 5.73. The van der Waals surface area contributed by atoms with Crippen molar-refractivity contribution >= 4 is 11.8 Å². The Morgan fingerprint density at radius 2 is 1.83 bits per heavy atom. The van der Waals surface area contributed by atoms with E-state index < -0.39 is 0 Å². The first-order chi connectivity index (χ1) is 8.60. The molecule has 0 aliphatic heterocycles. The monoisotopic (exact) mass is 259 g/mol. The van der Waals surface area contributed by atoms with Gasteiger partial charge in [-0.2, -0.15) is 0 Å². The number of ether oxygens (including phenoxy) is 1. The minimum atomic E-state index is -0.0833. The van der Waals surface area contributed by atoms with Crippen molar-refractivity contribution in [3.8, 4) is 0 Å². The maximum Gasteiger partial charge on any atom is 0.233 e. The fraction of sp³-hybridized carbons (Fsp3) is 0.833. The van der Waals surface area contributed by atoms with E-state index in [1.807, 2.05) is 6.92 Å². The summed E-state index contributed by atoms with van der Waals surface area (Å²) >= 11 is 0. The Kier molecular flexibility index (Phi) is 10.3. The van der Waals surface area contributed by atoms with E-state index in [-0.39, 0.29) is 11.8 Å². The van der Waals surface area contributed by atoms with Crippen LogP contribution in [0.5, 0.6) is 0 Å². The van der Waals surface area contributed by atoms with E-state index in [0.29, 0.717) is 38.7 Å². The second-order valence-corrected chi connectivity index (χ2v) is 4.13. The van der Waals surface area contributed by atoms with Crippen LogP contribution in [0.15, 0.2) is 0 Å². The van der Waals surface area contributed by atoms with E-state index in [2.05, 4.69) is 22.9 Å². The average Bonchev–Trinajstić information content (AvgIpc) is 2.36. The average molecular weight is 259 g/mol. The van der Waals surface area contributed by atoms with Crippen LogP contribution in [0.1, 0.15) is 26.7 Å².